The molecule has 1 amide bonds. The zero-order chi connectivity index (χ0) is 17.6. The molecular weight excluding hydrogens is 330 g/mol. The number of benzene rings is 2. The van der Waals surface area contributed by atoms with Crippen LogP contribution in [0.4, 0.5) is 16.5 Å². The number of hydrogen-bond donors (Lipinski definition) is 2. The summed E-state index contributed by atoms with van der Waals surface area (Å²) in [6, 6.07) is 16.0. The van der Waals surface area contributed by atoms with E-state index in [4.69, 9.17) is 0 Å². The van der Waals surface area contributed by atoms with E-state index < -0.39 is 0 Å². The molecule has 0 spiro atoms. The SMILES string of the molecule is CCCC(=O)Nc1ccc(-c2csc(Nc3ccc(C)cc3)n2)cc1. The number of carbonyl (C=O) groups excluding carboxylic acids is 1. The van der Waals surface area contributed by atoms with Crippen LogP contribution in [0.2, 0.25) is 0 Å². The topological polar surface area (TPSA) is 54.0 Å². The summed E-state index contributed by atoms with van der Waals surface area (Å²) < 4.78 is 0. The first-order chi connectivity index (χ1) is 12.1. The molecule has 128 valence electrons. The molecule has 1 heterocycles. The van der Waals surface area contributed by atoms with Crippen LogP contribution in [0.5, 0.6) is 0 Å². The number of aryl methyl sites for hydroxylation is 1. The number of rotatable bonds is 6. The highest BCUT2D eigenvalue weighted by molar-refractivity contribution is 7.14. The Bertz CT molecular complexity index is 838. The Kier molecular flexibility index (Phi) is 5.46. The molecule has 2 N–H and O–H groups in total. The molecule has 0 aliphatic carbocycles. The third-order valence-corrected chi connectivity index (χ3v) is 4.51. The first-order valence-electron chi connectivity index (χ1n) is 8.33. The van der Waals surface area contributed by atoms with Gasteiger partial charge in [0, 0.05) is 28.7 Å². The largest absolute Gasteiger partial charge is 0.332 e. The van der Waals surface area contributed by atoms with Gasteiger partial charge in [-0.05, 0) is 37.6 Å². The summed E-state index contributed by atoms with van der Waals surface area (Å²) >= 11 is 1.57. The van der Waals surface area contributed by atoms with E-state index in [1.807, 2.05) is 48.7 Å². The second-order valence-corrected chi connectivity index (χ2v) is 6.76. The van der Waals surface area contributed by atoms with Gasteiger partial charge in [0.15, 0.2) is 5.13 Å². The van der Waals surface area contributed by atoms with E-state index in [1.54, 1.807) is 11.3 Å². The van der Waals surface area contributed by atoms with Gasteiger partial charge >= 0.3 is 0 Å². The van der Waals surface area contributed by atoms with E-state index in [2.05, 4.69) is 34.7 Å². The molecule has 3 aromatic rings. The van der Waals surface area contributed by atoms with Crippen LogP contribution in [0.3, 0.4) is 0 Å². The maximum Gasteiger partial charge on any atom is 0.224 e. The standard InChI is InChI=1S/C20H21N3OS/c1-3-4-19(24)21-16-11-7-15(8-12-16)18-13-25-20(23-18)22-17-9-5-14(2)6-10-17/h5-13H,3-4H2,1-2H3,(H,21,24)(H,22,23). The van der Waals surface area contributed by atoms with Crippen molar-refractivity contribution in [2.75, 3.05) is 10.6 Å². The molecule has 0 saturated heterocycles. The molecular formula is C20H21N3OS. The Morgan fingerprint density at radius 3 is 2.40 bits per heavy atom. The summed E-state index contributed by atoms with van der Waals surface area (Å²) in [5.74, 6) is 0.0495. The van der Waals surface area contributed by atoms with Gasteiger partial charge in [-0.1, -0.05) is 36.8 Å². The minimum absolute atomic E-state index is 0.0495. The quantitative estimate of drug-likeness (QED) is 0.608. The van der Waals surface area contributed by atoms with Crippen molar-refractivity contribution in [3.63, 3.8) is 0 Å². The lowest BCUT2D eigenvalue weighted by molar-refractivity contribution is -0.116. The molecule has 0 radical (unpaired) electrons. The Balaban J connectivity index is 1.67. The van der Waals surface area contributed by atoms with E-state index in [1.165, 1.54) is 5.56 Å². The Morgan fingerprint density at radius 1 is 1.04 bits per heavy atom. The maximum atomic E-state index is 11.6. The predicted octanol–water partition coefficient (Wildman–Crippen LogP) is 5.60. The Labute approximate surface area is 151 Å². The van der Waals surface area contributed by atoms with Crippen molar-refractivity contribution in [3.05, 3.63) is 59.5 Å². The normalized spacial score (nSPS) is 10.5. The van der Waals surface area contributed by atoms with Gasteiger partial charge in [-0.2, -0.15) is 0 Å². The van der Waals surface area contributed by atoms with Crippen molar-refractivity contribution in [1.29, 1.82) is 0 Å². The van der Waals surface area contributed by atoms with Crippen LogP contribution in [-0.2, 0) is 4.79 Å². The fraction of sp³-hybridized carbons (Fsp3) is 0.200. The lowest BCUT2D eigenvalue weighted by Crippen LogP contribution is -2.10. The van der Waals surface area contributed by atoms with Gasteiger partial charge in [-0.3, -0.25) is 4.79 Å². The number of anilines is 3. The molecule has 5 heteroatoms. The third kappa shape index (κ3) is 4.67. The average Bonchev–Trinajstić information content (AvgIpc) is 3.06. The Hall–Kier alpha value is -2.66. The number of aromatic nitrogens is 1. The number of thiazole rings is 1. The highest BCUT2D eigenvalue weighted by Gasteiger charge is 2.06. The molecule has 0 atom stereocenters. The molecule has 0 aliphatic rings. The molecule has 0 bridgehead atoms. The van der Waals surface area contributed by atoms with E-state index in [-0.39, 0.29) is 5.91 Å². The molecule has 0 aliphatic heterocycles. The maximum absolute atomic E-state index is 11.6. The molecule has 0 saturated carbocycles. The van der Waals surface area contributed by atoms with Gasteiger partial charge < -0.3 is 10.6 Å². The van der Waals surface area contributed by atoms with Crippen molar-refractivity contribution in [3.8, 4) is 11.3 Å². The van der Waals surface area contributed by atoms with Gasteiger partial charge in [0.25, 0.3) is 0 Å². The molecule has 0 fully saturated rings. The van der Waals surface area contributed by atoms with Crippen LogP contribution < -0.4 is 10.6 Å². The van der Waals surface area contributed by atoms with Crippen molar-refractivity contribution in [1.82, 2.24) is 4.98 Å². The zero-order valence-electron chi connectivity index (χ0n) is 14.4. The predicted molar refractivity (Wildman–Crippen MR) is 106 cm³/mol. The average molecular weight is 351 g/mol. The summed E-state index contributed by atoms with van der Waals surface area (Å²) in [6.07, 6.45) is 1.39. The van der Waals surface area contributed by atoms with Gasteiger partial charge in [0.05, 0.1) is 5.69 Å². The van der Waals surface area contributed by atoms with E-state index >= 15 is 0 Å². The number of hydrogen-bond acceptors (Lipinski definition) is 4. The van der Waals surface area contributed by atoms with Crippen molar-refractivity contribution < 1.29 is 4.79 Å². The summed E-state index contributed by atoms with van der Waals surface area (Å²) in [5.41, 5.74) is 5.03. The van der Waals surface area contributed by atoms with Gasteiger partial charge in [0.1, 0.15) is 0 Å². The zero-order valence-corrected chi connectivity index (χ0v) is 15.2. The van der Waals surface area contributed by atoms with Crippen molar-refractivity contribution in [2.24, 2.45) is 0 Å². The summed E-state index contributed by atoms with van der Waals surface area (Å²) in [4.78, 5) is 16.3. The molecule has 0 unspecified atom stereocenters. The van der Waals surface area contributed by atoms with Gasteiger partial charge in [-0.15, -0.1) is 11.3 Å². The van der Waals surface area contributed by atoms with Crippen LogP contribution in [0, 0.1) is 6.92 Å². The smallest absolute Gasteiger partial charge is 0.224 e. The lowest BCUT2D eigenvalue weighted by atomic mass is 10.1. The van der Waals surface area contributed by atoms with Crippen molar-refractivity contribution in [2.45, 2.75) is 26.7 Å². The van der Waals surface area contributed by atoms with Crippen LogP contribution in [-0.4, -0.2) is 10.9 Å². The van der Waals surface area contributed by atoms with Crippen LogP contribution >= 0.6 is 11.3 Å². The fourth-order valence-corrected chi connectivity index (χ4v) is 3.14. The van der Waals surface area contributed by atoms with Crippen LogP contribution in [0.15, 0.2) is 53.9 Å². The monoisotopic (exact) mass is 351 g/mol. The fourth-order valence-electron chi connectivity index (χ4n) is 2.40. The van der Waals surface area contributed by atoms with E-state index in [0.717, 1.165) is 34.2 Å². The number of carbonyl (C=O) groups is 1. The van der Waals surface area contributed by atoms with Crippen LogP contribution in [0.1, 0.15) is 25.3 Å². The second-order valence-electron chi connectivity index (χ2n) is 5.90. The summed E-state index contributed by atoms with van der Waals surface area (Å²) in [5, 5.41) is 9.11. The lowest BCUT2D eigenvalue weighted by Gasteiger charge is -2.05. The van der Waals surface area contributed by atoms with Gasteiger partial charge in [-0.25, -0.2) is 4.98 Å². The summed E-state index contributed by atoms with van der Waals surface area (Å²) in [7, 11) is 0. The van der Waals surface area contributed by atoms with Crippen LogP contribution in [0.25, 0.3) is 11.3 Å². The second kappa shape index (κ2) is 7.94. The molecule has 3 rings (SSSR count). The van der Waals surface area contributed by atoms with Crippen molar-refractivity contribution >= 4 is 33.8 Å². The highest BCUT2D eigenvalue weighted by atomic mass is 32.1. The van der Waals surface area contributed by atoms with Gasteiger partial charge in [0.2, 0.25) is 5.91 Å². The number of amides is 1. The van der Waals surface area contributed by atoms with E-state index in [0.29, 0.717) is 6.42 Å². The molecule has 1 aromatic heterocycles. The minimum Gasteiger partial charge on any atom is -0.332 e. The minimum atomic E-state index is 0.0495. The number of nitrogens with one attached hydrogen (secondary N) is 2. The summed E-state index contributed by atoms with van der Waals surface area (Å²) in [6.45, 7) is 4.06. The Morgan fingerprint density at radius 2 is 1.72 bits per heavy atom. The van der Waals surface area contributed by atoms with E-state index in [9.17, 15) is 4.79 Å². The number of nitrogens with zero attached hydrogens (tertiary/aromatic N) is 1. The molecule has 4 nitrogen and oxygen atoms in total. The highest BCUT2D eigenvalue weighted by Crippen LogP contribution is 2.28. The first-order valence-corrected chi connectivity index (χ1v) is 9.21. The molecule has 25 heavy (non-hydrogen) atoms. The third-order valence-electron chi connectivity index (χ3n) is 3.75. The first kappa shape index (κ1) is 17.2. The molecule has 2 aromatic carbocycles.